The first-order valence-electron chi connectivity index (χ1n) is 6.02. The lowest BCUT2D eigenvalue weighted by Crippen LogP contribution is -2.15. The first-order chi connectivity index (χ1) is 9.92. The van der Waals surface area contributed by atoms with Crippen LogP contribution in [-0.4, -0.2) is 17.9 Å². The number of nitrogens with zero attached hydrogens (tertiary/aromatic N) is 1. The van der Waals surface area contributed by atoms with Crippen molar-refractivity contribution < 1.29 is 9.18 Å². The number of benzene rings is 1. The van der Waals surface area contributed by atoms with E-state index >= 15 is 0 Å². The van der Waals surface area contributed by atoms with Gasteiger partial charge in [-0.2, -0.15) is 0 Å². The summed E-state index contributed by atoms with van der Waals surface area (Å²) in [5.41, 5.74) is 2.12. The SMILES string of the molecule is CNc1cc(C)ncc1C(=O)Nc1c(Cl)cc(F)cc1Br. The molecule has 0 aliphatic heterocycles. The smallest absolute Gasteiger partial charge is 0.259 e. The largest absolute Gasteiger partial charge is 0.387 e. The van der Waals surface area contributed by atoms with Gasteiger partial charge in [-0.25, -0.2) is 4.39 Å². The molecule has 7 heteroatoms. The minimum absolute atomic E-state index is 0.112. The lowest BCUT2D eigenvalue weighted by Gasteiger charge is -2.12. The summed E-state index contributed by atoms with van der Waals surface area (Å²) < 4.78 is 13.6. The topological polar surface area (TPSA) is 54.0 Å². The zero-order valence-corrected chi connectivity index (χ0v) is 13.6. The maximum absolute atomic E-state index is 13.2. The summed E-state index contributed by atoms with van der Waals surface area (Å²) in [6.45, 7) is 1.83. The molecule has 2 aromatic rings. The number of carbonyl (C=O) groups is 1. The van der Waals surface area contributed by atoms with Crippen LogP contribution in [0.2, 0.25) is 5.02 Å². The van der Waals surface area contributed by atoms with Gasteiger partial charge in [0.25, 0.3) is 5.91 Å². The molecule has 110 valence electrons. The number of carbonyl (C=O) groups excluding carboxylic acids is 1. The molecule has 21 heavy (non-hydrogen) atoms. The highest BCUT2D eigenvalue weighted by atomic mass is 79.9. The van der Waals surface area contributed by atoms with Gasteiger partial charge in [-0.1, -0.05) is 11.6 Å². The summed E-state index contributed by atoms with van der Waals surface area (Å²) in [5.74, 6) is -0.876. The lowest BCUT2D eigenvalue weighted by atomic mass is 10.2. The van der Waals surface area contributed by atoms with Crippen molar-refractivity contribution in [2.45, 2.75) is 6.92 Å². The fourth-order valence-electron chi connectivity index (χ4n) is 1.79. The number of halogens is 3. The van der Waals surface area contributed by atoms with Gasteiger partial charge in [-0.15, -0.1) is 0 Å². The van der Waals surface area contributed by atoms with Crippen molar-refractivity contribution in [1.82, 2.24) is 4.98 Å². The molecule has 4 nitrogen and oxygen atoms in total. The van der Waals surface area contributed by atoms with E-state index in [1.807, 2.05) is 6.92 Å². The average Bonchev–Trinajstić information content (AvgIpc) is 2.42. The van der Waals surface area contributed by atoms with Crippen LogP contribution in [-0.2, 0) is 0 Å². The number of hydrogen-bond donors (Lipinski definition) is 2. The first kappa shape index (κ1) is 15.7. The molecule has 0 spiro atoms. The molecule has 0 aliphatic carbocycles. The quantitative estimate of drug-likeness (QED) is 0.847. The molecular weight excluding hydrogens is 361 g/mol. The molecule has 1 aromatic heterocycles. The average molecular weight is 373 g/mol. The third-order valence-corrected chi connectivity index (χ3v) is 3.72. The van der Waals surface area contributed by atoms with Crippen molar-refractivity contribution in [1.29, 1.82) is 0 Å². The number of anilines is 2. The second-order valence-corrected chi connectivity index (χ2v) is 5.58. The highest BCUT2D eigenvalue weighted by molar-refractivity contribution is 9.10. The minimum Gasteiger partial charge on any atom is -0.387 e. The number of hydrogen-bond acceptors (Lipinski definition) is 3. The predicted octanol–water partition coefficient (Wildman–Crippen LogP) is 4.24. The molecule has 0 fully saturated rings. The van der Waals surface area contributed by atoms with Gasteiger partial charge in [-0.05, 0) is 41.1 Å². The zero-order valence-electron chi connectivity index (χ0n) is 11.3. The monoisotopic (exact) mass is 371 g/mol. The summed E-state index contributed by atoms with van der Waals surface area (Å²) >= 11 is 9.13. The Kier molecular flexibility index (Phi) is 4.80. The molecule has 1 heterocycles. The number of rotatable bonds is 3. The van der Waals surface area contributed by atoms with E-state index in [1.165, 1.54) is 12.3 Å². The van der Waals surface area contributed by atoms with Crippen LogP contribution in [0.3, 0.4) is 0 Å². The van der Waals surface area contributed by atoms with E-state index in [4.69, 9.17) is 11.6 Å². The van der Waals surface area contributed by atoms with Gasteiger partial charge in [0.15, 0.2) is 0 Å². The predicted molar refractivity (Wildman–Crippen MR) is 85.6 cm³/mol. The standard InChI is InChI=1S/C14H12BrClFN3O/c1-7-3-12(18-2)9(6-19-7)14(21)20-13-10(15)4-8(17)5-11(13)16/h3-6H,1-2H3,(H,18,19)(H,20,21). The lowest BCUT2D eigenvalue weighted by molar-refractivity contribution is 0.102. The van der Waals surface area contributed by atoms with Crippen LogP contribution < -0.4 is 10.6 Å². The van der Waals surface area contributed by atoms with Crippen LogP contribution in [0.5, 0.6) is 0 Å². The molecule has 0 unspecified atom stereocenters. The minimum atomic E-state index is -0.488. The summed E-state index contributed by atoms with van der Waals surface area (Å²) in [6, 6.07) is 4.12. The number of amides is 1. The fourth-order valence-corrected chi connectivity index (χ4v) is 2.69. The van der Waals surface area contributed by atoms with Crippen molar-refractivity contribution in [3.8, 4) is 0 Å². The van der Waals surface area contributed by atoms with E-state index in [1.54, 1.807) is 13.1 Å². The Hall–Kier alpha value is -1.66. The van der Waals surface area contributed by atoms with Gasteiger partial charge in [-0.3, -0.25) is 9.78 Å². The second kappa shape index (κ2) is 6.41. The molecule has 0 atom stereocenters. The number of aryl methyl sites for hydroxylation is 1. The highest BCUT2D eigenvalue weighted by Crippen LogP contribution is 2.32. The van der Waals surface area contributed by atoms with E-state index in [-0.39, 0.29) is 10.9 Å². The first-order valence-corrected chi connectivity index (χ1v) is 7.19. The summed E-state index contributed by atoms with van der Waals surface area (Å²) in [7, 11) is 1.71. The third-order valence-electron chi connectivity index (χ3n) is 2.80. The summed E-state index contributed by atoms with van der Waals surface area (Å²) in [4.78, 5) is 16.4. The number of nitrogens with one attached hydrogen (secondary N) is 2. The molecule has 2 rings (SSSR count). The molecule has 0 bridgehead atoms. The van der Waals surface area contributed by atoms with E-state index in [0.717, 1.165) is 11.8 Å². The summed E-state index contributed by atoms with van der Waals surface area (Å²) in [5, 5.41) is 5.70. The van der Waals surface area contributed by atoms with Crippen LogP contribution in [0, 0.1) is 12.7 Å². The summed E-state index contributed by atoms with van der Waals surface area (Å²) in [6.07, 6.45) is 1.47. The Morgan fingerprint density at radius 2 is 2.10 bits per heavy atom. The maximum atomic E-state index is 13.2. The van der Waals surface area contributed by atoms with E-state index in [9.17, 15) is 9.18 Å². The van der Waals surface area contributed by atoms with Crippen LogP contribution >= 0.6 is 27.5 Å². The van der Waals surface area contributed by atoms with Crippen LogP contribution in [0.15, 0.2) is 28.9 Å². The van der Waals surface area contributed by atoms with Crippen molar-refractivity contribution in [3.63, 3.8) is 0 Å². The molecule has 0 radical (unpaired) electrons. The molecule has 2 N–H and O–H groups in total. The maximum Gasteiger partial charge on any atom is 0.259 e. The van der Waals surface area contributed by atoms with Gasteiger partial charge in [0.05, 0.1) is 22.0 Å². The molecule has 0 saturated heterocycles. The highest BCUT2D eigenvalue weighted by Gasteiger charge is 2.16. The Labute approximate surface area is 134 Å². The molecular formula is C14H12BrClFN3O. The van der Waals surface area contributed by atoms with Crippen molar-refractivity contribution >= 4 is 44.8 Å². The van der Waals surface area contributed by atoms with Crippen LogP contribution in [0.25, 0.3) is 0 Å². The van der Waals surface area contributed by atoms with Gasteiger partial charge in [0.1, 0.15) is 5.82 Å². The number of aromatic nitrogens is 1. The Morgan fingerprint density at radius 3 is 2.71 bits per heavy atom. The second-order valence-electron chi connectivity index (χ2n) is 4.32. The Morgan fingerprint density at radius 1 is 1.38 bits per heavy atom. The molecule has 0 saturated carbocycles. The Bertz CT molecular complexity index is 686. The van der Waals surface area contributed by atoms with Crippen molar-refractivity contribution in [3.05, 3.63) is 51.0 Å². The van der Waals surface area contributed by atoms with E-state index < -0.39 is 5.82 Å². The van der Waals surface area contributed by atoms with Crippen LogP contribution in [0.1, 0.15) is 16.1 Å². The van der Waals surface area contributed by atoms with E-state index in [0.29, 0.717) is 21.4 Å². The molecule has 0 aliphatic rings. The van der Waals surface area contributed by atoms with Crippen molar-refractivity contribution in [2.75, 3.05) is 17.7 Å². The number of pyridine rings is 1. The van der Waals surface area contributed by atoms with Crippen molar-refractivity contribution in [2.24, 2.45) is 0 Å². The van der Waals surface area contributed by atoms with E-state index in [2.05, 4.69) is 31.5 Å². The zero-order chi connectivity index (χ0) is 15.6. The normalized spacial score (nSPS) is 10.3. The van der Waals surface area contributed by atoms with Gasteiger partial charge < -0.3 is 10.6 Å². The Balaban J connectivity index is 2.35. The fraction of sp³-hybridized carbons (Fsp3) is 0.143. The molecule has 1 amide bonds. The van der Waals surface area contributed by atoms with Gasteiger partial charge >= 0.3 is 0 Å². The molecule has 1 aromatic carbocycles. The third kappa shape index (κ3) is 3.51. The van der Waals surface area contributed by atoms with Crippen LogP contribution in [0.4, 0.5) is 15.8 Å². The van der Waals surface area contributed by atoms with Gasteiger partial charge in [0, 0.05) is 23.4 Å². The van der Waals surface area contributed by atoms with Gasteiger partial charge in [0.2, 0.25) is 0 Å².